The summed E-state index contributed by atoms with van der Waals surface area (Å²) in [6.45, 7) is 1.84. The molecular formula is C14H14ClFN2O3. The van der Waals surface area contributed by atoms with Crippen molar-refractivity contribution in [3.8, 4) is 5.75 Å². The fourth-order valence-corrected chi connectivity index (χ4v) is 2.45. The summed E-state index contributed by atoms with van der Waals surface area (Å²) in [5, 5.41) is -0.0829. The summed E-state index contributed by atoms with van der Waals surface area (Å²) in [5.74, 6) is 0.367. The minimum atomic E-state index is -0.653. The summed E-state index contributed by atoms with van der Waals surface area (Å²) < 4.78 is 24.9. The predicted molar refractivity (Wildman–Crippen MR) is 76.3 cm³/mol. The largest absolute Gasteiger partial charge is 0.493 e. The van der Waals surface area contributed by atoms with Crippen LogP contribution in [0.1, 0.15) is 12.2 Å². The Morgan fingerprint density at radius 3 is 3.10 bits per heavy atom. The molecule has 1 saturated heterocycles. The molecule has 1 aliphatic heterocycles. The van der Waals surface area contributed by atoms with E-state index in [4.69, 9.17) is 21.1 Å². The zero-order valence-electron chi connectivity index (χ0n) is 11.2. The van der Waals surface area contributed by atoms with E-state index in [0.717, 1.165) is 13.0 Å². The molecular weight excluding hydrogens is 299 g/mol. The Kier molecular flexibility index (Phi) is 4.07. The normalized spacial score (nSPS) is 18.3. The first kappa shape index (κ1) is 14.3. The van der Waals surface area contributed by atoms with E-state index in [0.29, 0.717) is 30.7 Å². The van der Waals surface area contributed by atoms with Crippen molar-refractivity contribution in [1.29, 1.82) is 0 Å². The Hall–Kier alpha value is -1.66. The van der Waals surface area contributed by atoms with Gasteiger partial charge in [-0.1, -0.05) is 0 Å². The third-order valence-electron chi connectivity index (χ3n) is 3.42. The smallest absolute Gasteiger partial charge is 0.261 e. The Morgan fingerprint density at radius 2 is 2.38 bits per heavy atom. The standard InChI is InChI=1S/C14H14ClFN2O3/c15-5-12-17-11-4-9(21-7-8-1-2-20-6-8)3-10(16)13(11)14(19)18-12/h3-4,8H,1-2,5-7H2,(H,17,18,19). The first-order chi connectivity index (χ1) is 10.2. The lowest BCUT2D eigenvalue weighted by atomic mass is 10.1. The number of fused-ring (bicyclic) bond motifs is 1. The second-order valence-corrected chi connectivity index (χ2v) is 5.25. The number of hydrogen-bond donors (Lipinski definition) is 1. The van der Waals surface area contributed by atoms with Gasteiger partial charge in [-0.05, 0) is 6.42 Å². The van der Waals surface area contributed by atoms with E-state index in [-0.39, 0.29) is 16.8 Å². The maximum atomic E-state index is 14.0. The monoisotopic (exact) mass is 312 g/mol. The molecule has 1 aliphatic rings. The van der Waals surface area contributed by atoms with E-state index < -0.39 is 11.4 Å². The van der Waals surface area contributed by atoms with Gasteiger partial charge in [0.2, 0.25) is 0 Å². The molecule has 1 unspecified atom stereocenters. The number of halogens is 2. The third-order valence-corrected chi connectivity index (χ3v) is 3.67. The van der Waals surface area contributed by atoms with Gasteiger partial charge in [-0.2, -0.15) is 0 Å². The molecule has 0 amide bonds. The Morgan fingerprint density at radius 1 is 1.52 bits per heavy atom. The zero-order chi connectivity index (χ0) is 14.8. The lowest BCUT2D eigenvalue weighted by Gasteiger charge is -2.11. The van der Waals surface area contributed by atoms with Gasteiger partial charge in [0.15, 0.2) is 0 Å². The molecule has 1 aromatic heterocycles. The number of nitrogens with one attached hydrogen (secondary N) is 1. The van der Waals surface area contributed by atoms with E-state index >= 15 is 0 Å². The van der Waals surface area contributed by atoms with Gasteiger partial charge in [0, 0.05) is 24.7 Å². The molecule has 112 valence electrons. The average molecular weight is 313 g/mol. The van der Waals surface area contributed by atoms with Gasteiger partial charge in [-0.15, -0.1) is 11.6 Å². The third kappa shape index (κ3) is 3.01. The molecule has 0 radical (unpaired) electrons. The number of alkyl halides is 1. The van der Waals surface area contributed by atoms with Gasteiger partial charge in [0.25, 0.3) is 5.56 Å². The molecule has 0 bridgehead atoms. The van der Waals surface area contributed by atoms with Crippen molar-refractivity contribution in [2.24, 2.45) is 5.92 Å². The summed E-state index contributed by atoms with van der Waals surface area (Å²) in [7, 11) is 0. The van der Waals surface area contributed by atoms with E-state index in [2.05, 4.69) is 9.97 Å². The van der Waals surface area contributed by atoms with Crippen molar-refractivity contribution in [3.05, 3.63) is 34.1 Å². The quantitative estimate of drug-likeness (QED) is 0.879. The molecule has 0 spiro atoms. The fourth-order valence-electron chi connectivity index (χ4n) is 2.32. The summed E-state index contributed by atoms with van der Waals surface area (Å²) in [6.07, 6.45) is 0.935. The summed E-state index contributed by atoms with van der Waals surface area (Å²) in [4.78, 5) is 18.4. The van der Waals surface area contributed by atoms with Gasteiger partial charge < -0.3 is 14.5 Å². The van der Waals surface area contributed by atoms with Crippen molar-refractivity contribution < 1.29 is 13.9 Å². The number of H-pyrrole nitrogens is 1. The lowest BCUT2D eigenvalue weighted by Crippen LogP contribution is -2.14. The van der Waals surface area contributed by atoms with Crippen molar-refractivity contribution in [2.75, 3.05) is 19.8 Å². The topological polar surface area (TPSA) is 64.2 Å². The Bertz CT molecular complexity index is 713. The Balaban J connectivity index is 1.91. The van der Waals surface area contributed by atoms with Crippen LogP contribution in [-0.2, 0) is 10.6 Å². The van der Waals surface area contributed by atoms with E-state index in [1.54, 1.807) is 6.07 Å². The molecule has 0 saturated carbocycles. The van der Waals surface area contributed by atoms with Crippen molar-refractivity contribution in [3.63, 3.8) is 0 Å². The number of hydrogen-bond acceptors (Lipinski definition) is 4. The minimum absolute atomic E-state index is 0.0529. The number of benzene rings is 1. The molecule has 2 heterocycles. The highest BCUT2D eigenvalue weighted by atomic mass is 35.5. The fraction of sp³-hybridized carbons (Fsp3) is 0.429. The molecule has 1 N–H and O–H groups in total. The van der Waals surface area contributed by atoms with E-state index in [1.807, 2.05) is 0 Å². The highest BCUT2D eigenvalue weighted by Gasteiger charge is 2.17. The molecule has 0 aliphatic carbocycles. The van der Waals surface area contributed by atoms with Crippen LogP contribution < -0.4 is 10.3 Å². The summed E-state index contributed by atoms with van der Waals surface area (Å²) in [6, 6.07) is 2.76. The van der Waals surface area contributed by atoms with Crippen LogP contribution in [0.25, 0.3) is 10.9 Å². The van der Waals surface area contributed by atoms with Crippen LogP contribution in [0.15, 0.2) is 16.9 Å². The average Bonchev–Trinajstić information content (AvgIpc) is 2.97. The van der Waals surface area contributed by atoms with Crippen LogP contribution in [0.2, 0.25) is 0 Å². The van der Waals surface area contributed by atoms with Gasteiger partial charge >= 0.3 is 0 Å². The van der Waals surface area contributed by atoms with Gasteiger partial charge in [0.05, 0.1) is 24.6 Å². The number of rotatable bonds is 4. The highest BCUT2D eigenvalue weighted by Crippen LogP contribution is 2.22. The molecule has 1 aromatic carbocycles. The van der Waals surface area contributed by atoms with Gasteiger partial charge in [-0.3, -0.25) is 4.79 Å². The molecule has 1 atom stereocenters. The number of aromatic amines is 1. The maximum absolute atomic E-state index is 14.0. The lowest BCUT2D eigenvalue weighted by molar-refractivity contribution is 0.167. The molecule has 21 heavy (non-hydrogen) atoms. The molecule has 7 heteroatoms. The summed E-state index contributed by atoms with van der Waals surface area (Å²) in [5.41, 5.74) is -0.295. The second-order valence-electron chi connectivity index (χ2n) is 4.99. The number of nitrogens with zero attached hydrogens (tertiary/aromatic N) is 1. The SMILES string of the molecule is O=c1[nH]c(CCl)nc2cc(OCC3CCOC3)cc(F)c12. The van der Waals surface area contributed by atoms with Crippen molar-refractivity contribution in [1.82, 2.24) is 9.97 Å². The summed E-state index contributed by atoms with van der Waals surface area (Å²) >= 11 is 5.65. The maximum Gasteiger partial charge on any atom is 0.261 e. The molecule has 5 nitrogen and oxygen atoms in total. The van der Waals surface area contributed by atoms with Crippen LogP contribution in [0, 0.1) is 11.7 Å². The van der Waals surface area contributed by atoms with Crippen molar-refractivity contribution >= 4 is 22.5 Å². The Labute approximate surface area is 125 Å². The number of aromatic nitrogens is 2. The molecule has 2 aromatic rings. The van der Waals surface area contributed by atoms with Crippen molar-refractivity contribution in [2.45, 2.75) is 12.3 Å². The molecule has 1 fully saturated rings. The minimum Gasteiger partial charge on any atom is -0.493 e. The van der Waals surface area contributed by atoms with Crippen LogP contribution in [0.4, 0.5) is 4.39 Å². The van der Waals surface area contributed by atoms with Crippen LogP contribution in [0.5, 0.6) is 5.75 Å². The number of ether oxygens (including phenoxy) is 2. The van der Waals surface area contributed by atoms with Crippen LogP contribution in [0.3, 0.4) is 0 Å². The van der Waals surface area contributed by atoms with Crippen LogP contribution in [-0.4, -0.2) is 29.8 Å². The van der Waals surface area contributed by atoms with Crippen LogP contribution >= 0.6 is 11.6 Å². The van der Waals surface area contributed by atoms with E-state index in [9.17, 15) is 9.18 Å². The van der Waals surface area contributed by atoms with E-state index in [1.165, 1.54) is 6.07 Å². The highest BCUT2D eigenvalue weighted by molar-refractivity contribution is 6.16. The second kappa shape index (κ2) is 5.99. The zero-order valence-corrected chi connectivity index (χ0v) is 12.0. The van der Waals surface area contributed by atoms with Gasteiger partial charge in [-0.25, -0.2) is 9.37 Å². The molecule has 3 rings (SSSR count). The first-order valence-electron chi connectivity index (χ1n) is 6.66. The first-order valence-corrected chi connectivity index (χ1v) is 7.20. The predicted octanol–water partition coefficient (Wildman–Crippen LogP) is 2.22. The van der Waals surface area contributed by atoms with Gasteiger partial charge in [0.1, 0.15) is 22.8 Å².